The fourth-order valence-electron chi connectivity index (χ4n) is 2.20. The van der Waals surface area contributed by atoms with Gasteiger partial charge in [-0.15, -0.1) is 0 Å². The first kappa shape index (κ1) is 14.5. The molecule has 1 amide bonds. The molecule has 1 heterocycles. The summed E-state index contributed by atoms with van der Waals surface area (Å²) in [5.74, 6) is -0.208. The Labute approximate surface area is 135 Å². The number of carbonyl (C=O) groups is 1. The van der Waals surface area contributed by atoms with Gasteiger partial charge in [0.2, 0.25) is 0 Å². The molecule has 3 rings (SSSR count). The highest BCUT2D eigenvalue weighted by Crippen LogP contribution is 2.11. The topological polar surface area (TPSA) is 62.0 Å². The van der Waals surface area contributed by atoms with E-state index in [1.807, 2.05) is 24.3 Å². The number of carbonyl (C=O) groups excluding carboxylic acids is 1. The second-order valence-electron chi connectivity index (χ2n) is 4.90. The van der Waals surface area contributed by atoms with Gasteiger partial charge in [0.1, 0.15) is 0 Å². The first-order chi connectivity index (χ1) is 10.6. The van der Waals surface area contributed by atoms with Crippen molar-refractivity contribution < 1.29 is 4.79 Å². The summed E-state index contributed by atoms with van der Waals surface area (Å²) in [5.41, 5.74) is 1.69. The van der Waals surface area contributed by atoms with E-state index < -0.39 is 0 Å². The van der Waals surface area contributed by atoms with Crippen LogP contribution >= 0.6 is 15.9 Å². The van der Waals surface area contributed by atoms with Gasteiger partial charge in [-0.3, -0.25) is 9.59 Å². The van der Waals surface area contributed by atoms with Crippen LogP contribution in [0.4, 0.5) is 0 Å². The van der Waals surface area contributed by atoms with Crippen molar-refractivity contribution in [2.45, 2.75) is 6.54 Å². The third-order valence-electron chi connectivity index (χ3n) is 3.38. The van der Waals surface area contributed by atoms with Gasteiger partial charge < -0.3 is 10.3 Å². The van der Waals surface area contributed by atoms with Gasteiger partial charge in [-0.05, 0) is 41.8 Å². The molecule has 0 saturated heterocycles. The van der Waals surface area contributed by atoms with Crippen molar-refractivity contribution in [3.8, 4) is 0 Å². The lowest BCUT2D eigenvalue weighted by Crippen LogP contribution is -2.26. The average Bonchev–Trinajstić information content (AvgIpc) is 2.53. The largest absolute Gasteiger partial charge is 0.348 e. The molecule has 0 saturated carbocycles. The minimum atomic E-state index is -0.208. The number of amides is 1. The van der Waals surface area contributed by atoms with Gasteiger partial charge in [-0.25, -0.2) is 0 Å². The van der Waals surface area contributed by atoms with Crippen molar-refractivity contribution in [2.75, 3.05) is 0 Å². The van der Waals surface area contributed by atoms with Crippen LogP contribution in [0.25, 0.3) is 10.9 Å². The maximum atomic E-state index is 12.1. The van der Waals surface area contributed by atoms with E-state index in [9.17, 15) is 9.59 Å². The van der Waals surface area contributed by atoms with Gasteiger partial charge in [0.25, 0.3) is 11.5 Å². The summed E-state index contributed by atoms with van der Waals surface area (Å²) in [7, 11) is 0. The number of hydrogen-bond acceptors (Lipinski definition) is 2. The molecule has 0 spiro atoms. The standard InChI is InChI=1S/C17H13BrN2O2/c18-14-7-5-11(6-8-14)16(21)19-10-13-9-12-3-1-2-4-15(12)20-17(13)22/h1-9H,10H2,(H,19,21)(H,20,22). The lowest BCUT2D eigenvalue weighted by molar-refractivity contribution is 0.0951. The molecule has 0 aliphatic heterocycles. The second kappa shape index (κ2) is 6.15. The average molecular weight is 357 g/mol. The zero-order valence-corrected chi connectivity index (χ0v) is 13.2. The molecule has 5 heteroatoms. The first-order valence-electron chi connectivity index (χ1n) is 6.78. The molecule has 2 N–H and O–H groups in total. The highest BCUT2D eigenvalue weighted by Gasteiger charge is 2.07. The summed E-state index contributed by atoms with van der Waals surface area (Å²) in [6, 6.07) is 16.4. The van der Waals surface area contributed by atoms with Gasteiger partial charge in [-0.2, -0.15) is 0 Å². The van der Waals surface area contributed by atoms with Gasteiger partial charge >= 0.3 is 0 Å². The van der Waals surface area contributed by atoms with Crippen molar-refractivity contribution in [3.63, 3.8) is 0 Å². The van der Waals surface area contributed by atoms with E-state index in [0.717, 1.165) is 15.4 Å². The molecule has 0 aliphatic carbocycles. The SMILES string of the molecule is O=C(NCc1cc2ccccc2[nH]c1=O)c1ccc(Br)cc1. The molecule has 0 unspecified atom stereocenters. The molecule has 0 bridgehead atoms. The molecular weight excluding hydrogens is 344 g/mol. The number of H-pyrrole nitrogens is 1. The van der Waals surface area contributed by atoms with E-state index in [1.54, 1.807) is 30.3 Å². The monoisotopic (exact) mass is 356 g/mol. The first-order valence-corrected chi connectivity index (χ1v) is 7.57. The molecule has 0 atom stereocenters. The molecule has 22 heavy (non-hydrogen) atoms. The summed E-state index contributed by atoms with van der Waals surface area (Å²) in [6.45, 7) is 0.190. The van der Waals surface area contributed by atoms with Crippen LogP contribution in [0.2, 0.25) is 0 Å². The van der Waals surface area contributed by atoms with E-state index in [1.165, 1.54) is 0 Å². The van der Waals surface area contributed by atoms with Crippen LogP contribution in [-0.4, -0.2) is 10.9 Å². The Morgan fingerprint density at radius 3 is 2.59 bits per heavy atom. The quantitative estimate of drug-likeness (QED) is 0.756. The Hall–Kier alpha value is -2.40. The predicted octanol–water partition coefficient (Wildman–Crippen LogP) is 3.22. The summed E-state index contributed by atoms with van der Waals surface area (Å²) in [6.07, 6.45) is 0. The predicted molar refractivity (Wildman–Crippen MR) is 89.9 cm³/mol. The molecule has 0 fully saturated rings. The number of rotatable bonds is 3. The Balaban J connectivity index is 1.78. The van der Waals surface area contributed by atoms with Crippen LogP contribution in [0.5, 0.6) is 0 Å². The van der Waals surface area contributed by atoms with Crippen molar-refractivity contribution in [1.82, 2.24) is 10.3 Å². The lowest BCUT2D eigenvalue weighted by atomic mass is 10.1. The van der Waals surface area contributed by atoms with Crippen LogP contribution in [0.3, 0.4) is 0 Å². The van der Waals surface area contributed by atoms with Gasteiger partial charge in [0.15, 0.2) is 0 Å². The third kappa shape index (κ3) is 3.09. The molecule has 1 aromatic heterocycles. The molecule has 0 aliphatic rings. The number of para-hydroxylation sites is 1. The van der Waals surface area contributed by atoms with Gasteiger partial charge in [0, 0.05) is 27.7 Å². The van der Waals surface area contributed by atoms with Crippen molar-refractivity contribution in [2.24, 2.45) is 0 Å². The van der Waals surface area contributed by atoms with Crippen LogP contribution in [-0.2, 0) is 6.54 Å². The summed E-state index contributed by atoms with van der Waals surface area (Å²) in [4.78, 5) is 26.9. The Kier molecular flexibility index (Phi) is 4.06. The van der Waals surface area contributed by atoms with Crippen molar-refractivity contribution in [3.05, 3.63) is 80.6 Å². The Morgan fingerprint density at radius 1 is 1.09 bits per heavy atom. The molecule has 4 nitrogen and oxygen atoms in total. The minimum Gasteiger partial charge on any atom is -0.348 e. The summed E-state index contributed by atoms with van der Waals surface area (Å²) >= 11 is 3.33. The van der Waals surface area contributed by atoms with Crippen LogP contribution < -0.4 is 10.9 Å². The van der Waals surface area contributed by atoms with Gasteiger partial charge in [0.05, 0.1) is 0 Å². The van der Waals surface area contributed by atoms with E-state index in [0.29, 0.717) is 11.1 Å². The maximum Gasteiger partial charge on any atom is 0.253 e. The highest BCUT2D eigenvalue weighted by atomic mass is 79.9. The zero-order valence-electron chi connectivity index (χ0n) is 11.6. The number of aromatic amines is 1. The van der Waals surface area contributed by atoms with E-state index >= 15 is 0 Å². The number of fused-ring (bicyclic) bond motifs is 1. The summed E-state index contributed by atoms with van der Waals surface area (Å²) in [5, 5.41) is 3.71. The fraction of sp³-hybridized carbons (Fsp3) is 0.0588. The van der Waals surface area contributed by atoms with E-state index in [2.05, 4.69) is 26.2 Å². The second-order valence-corrected chi connectivity index (χ2v) is 5.82. The van der Waals surface area contributed by atoms with E-state index in [-0.39, 0.29) is 18.0 Å². The Bertz CT molecular complexity index is 885. The molecule has 110 valence electrons. The Morgan fingerprint density at radius 2 is 1.82 bits per heavy atom. The van der Waals surface area contributed by atoms with Crippen LogP contribution in [0.15, 0.2) is 63.9 Å². The molecular formula is C17H13BrN2O2. The third-order valence-corrected chi connectivity index (χ3v) is 3.90. The minimum absolute atomic E-state index is 0.185. The highest BCUT2D eigenvalue weighted by molar-refractivity contribution is 9.10. The number of aromatic nitrogens is 1. The molecule has 0 radical (unpaired) electrons. The smallest absolute Gasteiger partial charge is 0.253 e. The lowest BCUT2D eigenvalue weighted by Gasteiger charge is -2.06. The fourth-order valence-corrected chi connectivity index (χ4v) is 2.47. The number of halogens is 1. The van der Waals surface area contributed by atoms with Crippen LogP contribution in [0, 0.1) is 0 Å². The van der Waals surface area contributed by atoms with Crippen molar-refractivity contribution in [1.29, 1.82) is 0 Å². The van der Waals surface area contributed by atoms with Crippen LogP contribution in [0.1, 0.15) is 15.9 Å². The van der Waals surface area contributed by atoms with E-state index in [4.69, 9.17) is 0 Å². The number of hydrogen-bond donors (Lipinski definition) is 2. The molecule has 3 aromatic rings. The number of nitrogens with one attached hydrogen (secondary N) is 2. The number of benzene rings is 2. The van der Waals surface area contributed by atoms with Gasteiger partial charge in [-0.1, -0.05) is 34.1 Å². The number of pyridine rings is 1. The maximum absolute atomic E-state index is 12.1. The normalized spacial score (nSPS) is 10.6. The zero-order chi connectivity index (χ0) is 15.5. The van der Waals surface area contributed by atoms with Crippen molar-refractivity contribution >= 4 is 32.7 Å². The summed E-state index contributed by atoms with van der Waals surface area (Å²) < 4.78 is 0.912. The molecule has 2 aromatic carbocycles.